The molecule has 0 atom stereocenters. The quantitative estimate of drug-likeness (QED) is 0.882. The summed E-state index contributed by atoms with van der Waals surface area (Å²) in [6, 6.07) is 10.0. The summed E-state index contributed by atoms with van der Waals surface area (Å²) in [5.41, 5.74) is 9.41. The highest BCUT2D eigenvalue weighted by Gasteiger charge is 2.30. The lowest BCUT2D eigenvalue weighted by atomic mass is 9.70. The molecule has 1 aromatic carbocycles. The van der Waals surface area contributed by atoms with Gasteiger partial charge in [0.25, 0.3) is 0 Å². The molecule has 0 radical (unpaired) electrons. The van der Waals surface area contributed by atoms with Gasteiger partial charge in [-0.1, -0.05) is 31.5 Å². The first-order valence-corrected chi connectivity index (χ1v) is 7.01. The van der Waals surface area contributed by atoms with E-state index >= 15 is 0 Å². The molecule has 1 aliphatic rings. The lowest BCUT2D eigenvalue weighted by molar-refractivity contribution is 0.156. The Morgan fingerprint density at radius 2 is 2.11 bits per heavy atom. The second-order valence-corrected chi connectivity index (χ2v) is 5.99. The number of rotatable bonds is 4. The van der Waals surface area contributed by atoms with Crippen LogP contribution in [0.1, 0.15) is 31.9 Å². The molecule has 2 aromatic rings. The molecule has 1 fully saturated rings. The van der Waals surface area contributed by atoms with Crippen LogP contribution in [0.25, 0.3) is 10.9 Å². The van der Waals surface area contributed by atoms with Gasteiger partial charge in [-0.05, 0) is 30.4 Å². The largest absolute Gasteiger partial charge is 0.398 e. The fourth-order valence-electron chi connectivity index (χ4n) is 2.80. The minimum atomic E-state index is 0.502. The van der Waals surface area contributed by atoms with Crippen molar-refractivity contribution in [1.29, 1.82) is 0 Å². The summed E-state index contributed by atoms with van der Waals surface area (Å²) in [7, 11) is 0. The zero-order valence-corrected chi connectivity index (χ0v) is 11.4. The molecule has 0 spiro atoms. The van der Waals surface area contributed by atoms with E-state index in [1.54, 1.807) is 0 Å². The number of fused-ring (bicyclic) bond motifs is 1. The van der Waals surface area contributed by atoms with Crippen LogP contribution in [0.15, 0.2) is 30.3 Å². The summed E-state index contributed by atoms with van der Waals surface area (Å²) in [5.74, 6) is 0. The van der Waals surface area contributed by atoms with Gasteiger partial charge in [0.05, 0.1) is 11.2 Å². The van der Waals surface area contributed by atoms with Gasteiger partial charge < -0.3 is 11.1 Å². The first-order valence-electron chi connectivity index (χ1n) is 7.01. The number of nitrogens with two attached hydrogens (primary N) is 1. The van der Waals surface area contributed by atoms with Crippen molar-refractivity contribution in [1.82, 2.24) is 10.3 Å². The van der Waals surface area contributed by atoms with Crippen molar-refractivity contribution in [3.63, 3.8) is 0 Å². The van der Waals surface area contributed by atoms with Crippen molar-refractivity contribution in [2.45, 2.75) is 32.7 Å². The number of aromatic nitrogens is 1. The molecule has 19 heavy (non-hydrogen) atoms. The Bertz CT molecular complexity index is 588. The molecule has 1 heterocycles. The van der Waals surface area contributed by atoms with Gasteiger partial charge in [-0.15, -0.1) is 0 Å². The van der Waals surface area contributed by atoms with E-state index < -0.39 is 0 Å². The average Bonchev–Trinajstić information content (AvgIpc) is 2.37. The maximum absolute atomic E-state index is 6.08. The molecular formula is C16H21N3. The van der Waals surface area contributed by atoms with Crippen LogP contribution in [0.2, 0.25) is 0 Å². The Morgan fingerprint density at radius 1 is 1.32 bits per heavy atom. The van der Waals surface area contributed by atoms with E-state index in [1.807, 2.05) is 30.3 Å². The van der Waals surface area contributed by atoms with Gasteiger partial charge in [-0.3, -0.25) is 4.98 Å². The second kappa shape index (κ2) is 4.82. The highest BCUT2D eigenvalue weighted by atomic mass is 14.9. The smallest absolute Gasteiger partial charge is 0.0726 e. The number of nitrogens with zero attached hydrogens (tertiary/aromatic N) is 1. The van der Waals surface area contributed by atoms with E-state index in [1.165, 1.54) is 19.3 Å². The predicted octanol–water partition coefficient (Wildman–Crippen LogP) is 3.10. The number of benzene rings is 1. The molecule has 3 N–H and O–H groups in total. The van der Waals surface area contributed by atoms with Crippen molar-refractivity contribution in [2.24, 2.45) is 5.41 Å². The molecule has 0 unspecified atom stereocenters. The van der Waals surface area contributed by atoms with Crippen LogP contribution in [0.5, 0.6) is 0 Å². The number of hydrogen-bond acceptors (Lipinski definition) is 3. The van der Waals surface area contributed by atoms with Crippen molar-refractivity contribution >= 4 is 16.6 Å². The topological polar surface area (TPSA) is 50.9 Å². The third-order valence-corrected chi connectivity index (χ3v) is 4.22. The number of hydrogen-bond donors (Lipinski definition) is 2. The van der Waals surface area contributed by atoms with Crippen LogP contribution in [-0.4, -0.2) is 11.5 Å². The van der Waals surface area contributed by atoms with Crippen LogP contribution in [0, 0.1) is 5.41 Å². The minimum Gasteiger partial charge on any atom is -0.398 e. The Kier molecular flexibility index (Phi) is 3.15. The van der Waals surface area contributed by atoms with Crippen molar-refractivity contribution in [2.75, 3.05) is 12.3 Å². The summed E-state index contributed by atoms with van der Waals surface area (Å²) in [6.07, 6.45) is 4.06. The fraction of sp³-hybridized carbons (Fsp3) is 0.438. The third kappa shape index (κ3) is 2.56. The molecule has 3 heteroatoms. The lowest BCUT2D eigenvalue weighted by Gasteiger charge is -2.38. The summed E-state index contributed by atoms with van der Waals surface area (Å²) in [6.45, 7) is 4.22. The molecule has 0 amide bonds. The van der Waals surface area contributed by atoms with E-state index in [2.05, 4.69) is 17.2 Å². The highest BCUT2D eigenvalue weighted by Crippen LogP contribution is 2.39. The maximum atomic E-state index is 6.08. The maximum Gasteiger partial charge on any atom is 0.0726 e. The number of nitrogens with one attached hydrogen (secondary N) is 1. The van der Waals surface area contributed by atoms with E-state index in [4.69, 9.17) is 5.73 Å². The number of anilines is 1. The van der Waals surface area contributed by atoms with Crippen LogP contribution in [0.3, 0.4) is 0 Å². The lowest BCUT2D eigenvalue weighted by Crippen LogP contribution is -2.37. The Morgan fingerprint density at radius 3 is 2.84 bits per heavy atom. The van der Waals surface area contributed by atoms with E-state index in [9.17, 15) is 0 Å². The first kappa shape index (κ1) is 12.4. The van der Waals surface area contributed by atoms with Gasteiger partial charge in [0, 0.05) is 24.2 Å². The van der Waals surface area contributed by atoms with Crippen molar-refractivity contribution in [3.05, 3.63) is 36.0 Å². The summed E-state index contributed by atoms with van der Waals surface area (Å²) in [5, 5.41) is 4.56. The molecule has 100 valence electrons. The standard InChI is InChI=1S/C16H21N3/c1-16(7-4-8-16)11-18-10-12-9-14(17)13-5-2-3-6-15(13)19-12/h2-3,5-6,9,18H,4,7-8,10-11H2,1H3,(H2,17,19). The van der Waals surface area contributed by atoms with E-state index in [0.717, 1.165) is 35.4 Å². The van der Waals surface area contributed by atoms with Gasteiger partial charge >= 0.3 is 0 Å². The monoisotopic (exact) mass is 255 g/mol. The van der Waals surface area contributed by atoms with Crippen LogP contribution >= 0.6 is 0 Å². The molecule has 0 bridgehead atoms. The second-order valence-electron chi connectivity index (χ2n) is 5.99. The summed E-state index contributed by atoms with van der Waals surface area (Å²) < 4.78 is 0. The van der Waals surface area contributed by atoms with Gasteiger partial charge in [-0.2, -0.15) is 0 Å². The Labute approximate surface area is 114 Å². The molecule has 1 aliphatic carbocycles. The highest BCUT2D eigenvalue weighted by molar-refractivity contribution is 5.90. The predicted molar refractivity (Wildman–Crippen MR) is 79.8 cm³/mol. The van der Waals surface area contributed by atoms with Crippen LogP contribution < -0.4 is 11.1 Å². The Balaban J connectivity index is 1.70. The molecule has 3 nitrogen and oxygen atoms in total. The summed E-state index contributed by atoms with van der Waals surface area (Å²) >= 11 is 0. The van der Waals surface area contributed by atoms with Gasteiger partial charge in [0.1, 0.15) is 0 Å². The molecule has 1 aromatic heterocycles. The fourth-order valence-corrected chi connectivity index (χ4v) is 2.80. The van der Waals surface area contributed by atoms with E-state index in [-0.39, 0.29) is 0 Å². The number of pyridine rings is 1. The Hall–Kier alpha value is -1.61. The van der Waals surface area contributed by atoms with E-state index in [0.29, 0.717) is 5.41 Å². The minimum absolute atomic E-state index is 0.502. The number of para-hydroxylation sites is 1. The SMILES string of the molecule is CC1(CNCc2cc(N)c3ccccc3n2)CCC1. The van der Waals surface area contributed by atoms with Crippen molar-refractivity contribution in [3.8, 4) is 0 Å². The zero-order chi connectivity index (χ0) is 13.3. The van der Waals surface area contributed by atoms with Crippen LogP contribution in [-0.2, 0) is 6.54 Å². The van der Waals surface area contributed by atoms with Crippen molar-refractivity contribution < 1.29 is 0 Å². The molecule has 1 saturated carbocycles. The molecule has 0 saturated heterocycles. The molecule has 3 rings (SSSR count). The normalized spacial score (nSPS) is 17.3. The summed E-state index contributed by atoms with van der Waals surface area (Å²) in [4.78, 5) is 4.66. The molecule has 0 aliphatic heterocycles. The first-order chi connectivity index (χ1) is 9.16. The third-order valence-electron chi connectivity index (χ3n) is 4.22. The van der Waals surface area contributed by atoms with Gasteiger partial charge in [0.15, 0.2) is 0 Å². The average molecular weight is 255 g/mol. The van der Waals surface area contributed by atoms with Crippen LogP contribution in [0.4, 0.5) is 5.69 Å². The number of nitrogen functional groups attached to an aromatic ring is 1. The molecular weight excluding hydrogens is 234 g/mol. The zero-order valence-electron chi connectivity index (χ0n) is 11.4. The van der Waals surface area contributed by atoms with Gasteiger partial charge in [-0.25, -0.2) is 0 Å². The van der Waals surface area contributed by atoms with Gasteiger partial charge in [0.2, 0.25) is 0 Å².